The molecule has 5 heteroatoms. The summed E-state index contributed by atoms with van der Waals surface area (Å²) in [6.45, 7) is 4.75. The summed E-state index contributed by atoms with van der Waals surface area (Å²) in [5.74, 6) is 2.83. The summed E-state index contributed by atoms with van der Waals surface area (Å²) >= 11 is 1.86. The van der Waals surface area contributed by atoms with Crippen LogP contribution in [0.1, 0.15) is 12.8 Å². The molecule has 1 heterocycles. The van der Waals surface area contributed by atoms with E-state index >= 15 is 0 Å². The SMILES string of the molecule is CN(C)CCCNCCSc1ccc2c(c1)OCCCO2. The zero-order valence-electron chi connectivity index (χ0n) is 13.1. The highest BCUT2D eigenvalue weighted by Crippen LogP contribution is 2.33. The van der Waals surface area contributed by atoms with Crippen molar-refractivity contribution in [2.24, 2.45) is 0 Å². The first kappa shape index (κ1) is 16.5. The molecule has 21 heavy (non-hydrogen) atoms. The number of thioether (sulfide) groups is 1. The third-order valence-corrected chi connectivity index (χ3v) is 4.22. The van der Waals surface area contributed by atoms with Crippen molar-refractivity contribution in [3.63, 3.8) is 0 Å². The Labute approximate surface area is 132 Å². The standard InChI is InChI=1S/C16H26N2O2S/c1-18(2)9-3-7-17-8-12-21-14-5-6-15-16(13-14)20-11-4-10-19-15/h5-6,13,17H,3-4,7-12H2,1-2H3. The maximum atomic E-state index is 5.71. The maximum absolute atomic E-state index is 5.71. The van der Waals surface area contributed by atoms with Crippen LogP contribution in [-0.4, -0.2) is 57.6 Å². The Balaban J connectivity index is 1.66. The van der Waals surface area contributed by atoms with Crippen LogP contribution in [0.15, 0.2) is 23.1 Å². The van der Waals surface area contributed by atoms with Gasteiger partial charge in [-0.1, -0.05) is 0 Å². The zero-order valence-corrected chi connectivity index (χ0v) is 13.9. The minimum Gasteiger partial charge on any atom is -0.490 e. The summed E-state index contributed by atoms with van der Waals surface area (Å²) in [5, 5.41) is 3.48. The van der Waals surface area contributed by atoms with Gasteiger partial charge in [-0.3, -0.25) is 0 Å². The first-order valence-electron chi connectivity index (χ1n) is 7.63. The molecule has 0 unspecified atom stereocenters. The van der Waals surface area contributed by atoms with Crippen molar-refractivity contribution in [3.05, 3.63) is 18.2 Å². The topological polar surface area (TPSA) is 33.7 Å². The summed E-state index contributed by atoms with van der Waals surface area (Å²) in [7, 11) is 4.22. The Morgan fingerprint density at radius 1 is 1.14 bits per heavy atom. The lowest BCUT2D eigenvalue weighted by atomic mass is 10.3. The fourth-order valence-corrected chi connectivity index (χ4v) is 2.96. The molecule has 0 bridgehead atoms. The van der Waals surface area contributed by atoms with Gasteiger partial charge in [-0.25, -0.2) is 0 Å². The van der Waals surface area contributed by atoms with Crippen LogP contribution in [-0.2, 0) is 0 Å². The lowest BCUT2D eigenvalue weighted by Crippen LogP contribution is -2.23. The van der Waals surface area contributed by atoms with Gasteiger partial charge in [-0.15, -0.1) is 11.8 Å². The molecule has 0 spiro atoms. The molecular formula is C16H26N2O2S. The third-order valence-electron chi connectivity index (χ3n) is 3.23. The van der Waals surface area contributed by atoms with Gasteiger partial charge in [0, 0.05) is 23.6 Å². The highest BCUT2D eigenvalue weighted by molar-refractivity contribution is 7.99. The highest BCUT2D eigenvalue weighted by atomic mass is 32.2. The van der Waals surface area contributed by atoms with Crippen molar-refractivity contribution in [2.45, 2.75) is 17.7 Å². The summed E-state index contributed by atoms with van der Waals surface area (Å²) in [6, 6.07) is 6.23. The molecule has 0 saturated heterocycles. The minimum absolute atomic E-state index is 0.745. The molecular weight excluding hydrogens is 284 g/mol. The molecule has 2 rings (SSSR count). The first-order chi connectivity index (χ1) is 10.3. The van der Waals surface area contributed by atoms with Crippen molar-refractivity contribution in [3.8, 4) is 11.5 Å². The van der Waals surface area contributed by atoms with E-state index in [0.717, 1.165) is 56.5 Å². The Hall–Kier alpha value is -0.910. The average molecular weight is 310 g/mol. The third kappa shape index (κ3) is 6.16. The quantitative estimate of drug-likeness (QED) is 0.589. The van der Waals surface area contributed by atoms with E-state index in [0.29, 0.717) is 0 Å². The number of ether oxygens (including phenoxy) is 2. The smallest absolute Gasteiger partial charge is 0.162 e. The van der Waals surface area contributed by atoms with Gasteiger partial charge in [0.1, 0.15) is 0 Å². The van der Waals surface area contributed by atoms with E-state index in [1.807, 2.05) is 17.8 Å². The number of nitrogens with zero attached hydrogens (tertiary/aromatic N) is 1. The van der Waals surface area contributed by atoms with Gasteiger partial charge >= 0.3 is 0 Å². The van der Waals surface area contributed by atoms with Crippen LogP contribution in [0.25, 0.3) is 0 Å². The zero-order chi connectivity index (χ0) is 14.9. The molecule has 1 aromatic rings. The highest BCUT2D eigenvalue weighted by Gasteiger charge is 2.10. The van der Waals surface area contributed by atoms with E-state index in [-0.39, 0.29) is 0 Å². The van der Waals surface area contributed by atoms with Crippen LogP contribution in [0.4, 0.5) is 0 Å². The van der Waals surface area contributed by atoms with E-state index in [1.165, 1.54) is 11.3 Å². The molecule has 1 aliphatic heterocycles. The van der Waals surface area contributed by atoms with Gasteiger partial charge < -0.3 is 19.7 Å². The van der Waals surface area contributed by atoms with E-state index in [4.69, 9.17) is 9.47 Å². The predicted molar refractivity (Wildman–Crippen MR) is 88.8 cm³/mol. The van der Waals surface area contributed by atoms with Crippen LogP contribution >= 0.6 is 11.8 Å². The molecule has 0 fully saturated rings. The molecule has 0 amide bonds. The number of rotatable bonds is 8. The Kier molecular flexibility index (Phi) is 7.19. The van der Waals surface area contributed by atoms with Gasteiger partial charge in [0.05, 0.1) is 13.2 Å². The van der Waals surface area contributed by atoms with Crippen molar-refractivity contribution in [2.75, 3.05) is 52.7 Å². The number of nitrogens with one attached hydrogen (secondary N) is 1. The summed E-state index contributed by atoms with van der Waals surface area (Å²) < 4.78 is 11.4. The van der Waals surface area contributed by atoms with Crippen LogP contribution in [0.3, 0.4) is 0 Å². The Morgan fingerprint density at radius 3 is 2.76 bits per heavy atom. The molecule has 1 N–H and O–H groups in total. The summed E-state index contributed by atoms with van der Waals surface area (Å²) in [5.41, 5.74) is 0. The molecule has 1 aromatic carbocycles. The van der Waals surface area contributed by atoms with E-state index in [9.17, 15) is 0 Å². The van der Waals surface area contributed by atoms with Crippen molar-refractivity contribution in [1.29, 1.82) is 0 Å². The van der Waals surface area contributed by atoms with Gasteiger partial charge in [0.2, 0.25) is 0 Å². The second-order valence-corrected chi connectivity index (χ2v) is 6.58. The molecule has 0 aliphatic carbocycles. The largest absolute Gasteiger partial charge is 0.490 e. The monoisotopic (exact) mass is 310 g/mol. The van der Waals surface area contributed by atoms with Crippen molar-refractivity contribution >= 4 is 11.8 Å². The second-order valence-electron chi connectivity index (χ2n) is 5.41. The van der Waals surface area contributed by atoms with E-state index in [2.05, 4.69) is 36.4 Å². The van der Waals surface area contributed by atoms with Crippen LogP contribution in [0.5, 0.6) is 11.5 Å². The molecule has 0 radical (unpaired) electrons. The number of hydrogen-bond acceptors (Lipinski definition) is 5. The molecule has 0 aromatic heterocycles. The Morgan fingerprint density at radius 2 is 1.95 bits per heavy atom. The first-order valence-corrected chi connectivity index (χ1v) is 8.62. The average Bonchev–Trinajstić information content (AvgIpc) is 2.70. The fraction of sp³-hybridized carbons (Fsp3) is 0.625. The van der Waals surface area contributed by atoms with Crippen LogP contribution in [0, 0.1) is 0 Å². The van der Waals surface area contributed by atoms with Gasteiger partial charge in [-0.2, -0.15) is 0 Å². The Bertz CT molecular complexity index is 427. The normalized spacial score (nSPS) is 14.2. The maximum Gasteiger partial charge on any atom is 0.162 e. The predicted octanol–water partition coefficient (Wildman–Crippen LogP) is 2.48. The van der Waals surface area contributed by atoms with Crippen molar-refractivity contribution in [1.82, 2.24) is 10.2 Å². The molecule has 118 valence electrons. The molecule has 4 nitrogen and oxygen atoms in total. The molecule has 0 saturated carbocycles. The van der Waals surface area contributed by atoms with Gasteiger partial charge in [0.15, 0.2) is 11.5 Å². The molecule has 1 aliphatic rings. The number of hydrogen-bond donors (Lipinski definition) is 1. The lowest BCUT2D eigenvalue weighted by Gasteiger charge is -2.10. The second kappa shape index (κ2) is 9.18. The minimum atomic E-state index is 0.745. The van der Waals surface area contributed by atoms with Gasteiger partial charge in [-0.05, 0) is 51.8 Å². The van der Waals surface area contributed by atoms with Gasteiger partial charge in [0.25, 0.3) is 0 Å². The number of benzene rings is 1. The number of fused-ring (bicyclic) bond motifs is 1. The van der Waals surface area contributed by atoms with E-state index in [1.54, 1.807) is 0 Å². The lowest BCUT2D eigenvalue weighted by molar-refractivity contribution is 0.297. The molecule has 0 atom stereocenters. The summed E-state index contributed by atoms with van der Waals surface area (Å²) in [6.07, 6.45) is 2.15. The fourth-order valence-electron chi connectivity index (χ4n) is 2.12. The van der Waals surface area contributed by atoms with Crippen LogP contribution < -0.4 is 14.8 Å². The van der Waals surface area contributed by atoms with E-state index < -0.39 is 0 Å². The summed E-state index contributed by atoms with van der Waals surface area (Å²) in [4.78, 5) is 3.46. The van der Waals surface area contributed by atoms with Crippen LogP contribution in [0.2, 0.25) is 0 Å². The van der Waals surface area contributed by atoms with Crippen molar-refractivity contribution < 1.29 is 9.47 Å².